The van der Waals surface area contributed by atoms with Crippen LogP contribution < -0.4 is 4.90 Å². The van der Waals surface area contributed by atoms with Gasteiger partial charge in [0.15, 0.2) is 0 Å². The van der Waals surface area contributed by atoms with Crippen molar-refractivity contribution in [3.05, 3.63) is 140 Å². The van der Waals surface area contributed by atoms with E-state index in [1.807, 2.05) is 84.8 Å². The predicted molar refractivity (Wildman–Crippen MR) is 159 cm³/mol. The Morgan fingerprint density at radius 1 is 0.850 bits per heavy atom. The highest BCUT2D eigenvalue weighted by Crippen LogP contribution is 2.51. The lowest BCUT2D eigenvalue weighted by Crippen LogP contribution is -2.53. The first-order chi connectivity index (χ1) is 19.3. The van der Waals surface area contributed by atoms with E-state index in [9.17, 15) is 14.9 Å². The van der Waals surface area contributed by atoms with Crippen LogP contribution in [-0.2, 0) is 4.79 Å². The van der Waals surface area contributed by atoms with Crippen molar-refractivity contribution in [2.45, 2.75) is 25.8 Å². The number of aromatic nitrogens is 2. The van der Waals surface area contributed by atoms with Crippen LogP contribution in [-0.4, -0.2) is 20.6 Å². The number of hydrogen-bond acceptors (Lipinski definition) is 4. The van der Waals surface area contributed by atoms with Crippen molar-refractivity contribution >= 4 is 33.2 Å². The lowest BCUT2D eigenvalue weighted by atomic mass is 9.76. The number of non-ortho nitro benzene ring substituents is 1. The Balaban J connectivity index is 1.51. The summed E-state index contributed by atoms with van der Waals surface area (Å²) in [6.07, 6.45) is 1.91. The van der Waals surface area contributed by atoms with Gasteiger partial charge in [0.1, 0.15) is 0 Å². The Morgan fingerprint density at radius 3 is 2.20 bits per heavy atom. The summed E-state index contributed by atoms with van der Waals surface area (Å²) in [6.45, 7) is 4.10. The molecule has 1 aliphatic heterocycles. The summed E-state index contributed by atoms with van der Waals surface area (Å²) in [5.74, 6) is -0.516. The summed E-state index contributed by atoms with van der Waals surface area (Å²) in [4.78, 5) is 26.8. The van der Waals surface area contributed by atoms with E-state index in [4.69, 9.17) is 5.10 Å². The zero-order chi connectivity index (χ0) is 28.0. The van der Waals surface area contributed by atoms with Gasteiger partial charge in [-0.3, -0.25) is 14.9 Å². The number of nitro groups is 1. The highest BCUT2D eigenvalue weighted by molar-refractivity contribution is 9.10. The molecule has 1 saturated heterocycles. The number of carbonyl (C=O) groups is 1. The third-order valence-corrected chi connectivity index (χ3v) is 8.06. The average Bonchev–Trinajstić information content (AvgIpc) is 3.39. The first-order valence-electron chi connectivity index (χ1n) is 12.9. The van der Waals surface area contributed by atoms with Crippen molar-refractivity contribution in [2.75, 3.05) is 4.90 Å². The molecular weight excluding hydrogens is 568 g/mol. The minimum atomic E-state index is -0.495. The third kappa shape index (κ3) is 4.50. The first kappa shape index (κ1) is 25.7. The molecule has 1 aliphatic rings. The zero-order valence-corrected chi connectivity index (χ0v) is 23.4. The average molecular weight is 593 g/mol. The maximum atomic E-state index is 14.1. The summed E-state index contributed by atoms with van der Waals surface area (Å²) < 4.78 is 2.73. The van der Waals surface area contributed by atoms with Crippen molar-refractivity contribution in [3.63, 3.8) is 0 Å². The van der Waals surface area contributed by atoms with Crippen LogP contribution in [0.2, 0.25) is 0 Å². The van der Waals surface area contributed by atoms with E-state index in [0.29, 0.717) is 11.3 Å². The minimum absolute atomic E-state index is 0.00108. The minimum Gasteiger partial charge on any atom is -0.303 e. The van der Waals surface area contributed by atoms with E-state index >= 15 is 0 Å². The summed E-state index contributed by atoms with van der Waals surface area (Å²) in [7, 11) is 0. The summed E-state index contributed by atoms with van der Waals surface area (Å²) >= 11 is 3.53. The van der Waals surface area contributed by atoms with Gasteiger partial charge in [0.2, 0.25) is 5.91 Å². The number of benzene rings is 4. The van der Waals surface area contributed by atoms with Crippen LogP contribution in [0, 0.1) is 24.0 Å². The SMILES string of the molecule is Cc1ccc(N2C(=O)[C@@H](c3cn(-c4ccccc4)nc3-c3ccc([N+](=O)[O-])cc3)[C@H]2c2ccc(Br)cc2)cc1C. The number of rotatable bonds is 6. The van der Waals surface area contributed by atoms with Gasteiger partial charge in [-0.15, -0.1) is 0 Å². The molecule has 0 N–H and O–H groups in total. The number of hydrogen-bond donors (Lipinski definition) is 0. The molecule has 1 amide bonds. The largest absolute Gasteiger partial charge is 0.303 e. The molecule has 1 aromatic heterocycles. The van der Waals surface area contributed by atoms with Crippen LogP contribution in [0.1, 0.15) is 34.2 Å². The topological polar surface area (TPSA) is 81.3 Å². The Labute approximate surface area is 240 Å². The second-order valence-electron chi connectivity index (χ2n) is 9.97. The van der Waals surface area contributed by atoms with E-state index < -0.39 is 10.8 Å². The molecule has 6 rings (SSSR count). The van der Waals surface area contributed by atoms with Crippen molar-refractivity contribution in [2.24, 2.45) is 0 Å². The highest BCUT2D eigenvalue weighted by atomic mass is 79.9. The van der Waals surface area contributed by atoms with Crippen LogP contribution in [0.25, 0.3) is 16.9 Å². The van der Waals surface area contributed by atoms with Crippen LogP contribution in [0.5, 0.6) is 0 Å². The fourth-order valence-electron chi connectivity index (χ4n) is 5.25. The van der Waals surface area contributed by atoms with Gasteiger partial charge in [0.05, 0.1) is 28.3 Å². The lowest BCUT2D eigenvalue weighted by molar-refractivity contribution is -0.384. The van der Waals surface area contributed by atoms with Gasteiger partial charge in [-0.05, 0) is 79.1 Å². The second-order valence-corrected chi connectivity index (χ2v) is 10.9. The quantitative estimate of drug-likeness (QED) is 0.115. The molecule has 7 nitrogen and oxygen atoms in total. The molecule has 0 bridgehead atoms. The molecule has 0 radical (unpaired) electrons. The molecule has 2 atom stereocenters. The number of aryl methyl sites for hydroxylation is 2. The van der Waals surface area contributed by atoms with Gasteiger partial charge in [-0.2, -0.15) is 5.10 Å². The molecule has 1 fully saturated rings. The van der Waals surface area contributed by atoms with E-state index in [-0.39, 0.29) is 17.6 Å². The first-order valence-corrected chi connectivity index (χ1v) is 13.7. The maximum absolute atomic E-state index is 14.1. The Morgan fingerprint density at radius 2 is 1.55 bits per heavy atom. The van der Waals surface area contributed by atoms with Crippen molar-refractivity contribution in [1.82, 2.24) is 9.78 Å². The molecule has 0 unspecified atom stereocenters. The predicted octanol–water partition coefficient (Wildman–Crippen LogP) is 7.70. The standard InChI is InChI=1S/C32H25BrN4O3/c1-20-8-15-27(18-21(20)2)36-31(23-9-13-24(33)14-10-23)29(32(36)38)28-19-35(25-6-4-3-5-7-25)34-30(28)22-11-16-26(17-12-22)37(39)40/h3-19,29,31H,1-2H3/t29-,31+/m0/s1. The maximum Gasteiger partial charge on any atom is 0.269 e. The summed E-state index contributed by atoms with van der Waals surface area (Å²) in [5.41, 5.74) is 7.11. The number of halogens is 1. The van der Waals surface area contributed by atoms with Crippen molar-refractivity contribution < 1.29 is 9.72 Å². The third-order valence-electron chi connectivity index (χ3n) is 7.53. The van der Waals surface area contributed by atoms with Gasteiger partial charge in [0.25, 0.3) is 5.69 Å². The van der Waals surface area contributed by atoms with E-state index in [1.165, 1.54) is 12.1 Å². The van der Waals surface area contributed by atoms with Crippen LogP contribution in [0.3, 0.4) is 0 Å². The van der Waals surface area contributed by atoms with Crippen LogP contribution >= 0.6 is 15.9 Å². The number of amides is 1. The van der Waals surface area contributed by atoms with E-state index in [1.54, 1.807) is 16.8 Å². The van der Waals surface area contributed by atoms with Gasteiger partial charge in [-0.25, -0.2) is 4.68 Å². The molecule has 0 saturated carbocycles. The van der Waals surface area contributed by atoms with Crippen LogP contribution in [0.15, 0.2) is 108 Å². The number of para-hydroxylation sites is 1. The molecule has 40 heavy (non-hydrogen) atoms. The monoisotopic (exact) mass is 592 g/mol. The number of nitrogens with zero attached hydrogens (tertiary/aromatic N) is 4. The summed E-state index contributed by atoms with van der Waals surface area (Å²) in [6, 6.07) is 29.9. The molecule has 2 heterocycles. The van der Waals surface area contributed by atoms with Gasteiger partial charge >= 0.3 is 0 Å². The van der Waals surface area contributed by atoms with Crippen molar-refractivity contribution in [3.8, 4) is 16.9 Å². The number of anilines is 1. The lowest BCUT2D eigenvalue weighted by Gasteiger charge is -2.47. The smallest absolute Gasteiger partial charge is 0.269 e. The zero-order valence-electron chi connectivity index (χ0n) is 21.9. The van der Waals surface area contributed by atoms with Gasteiger partial charge in [-0.1, -0.05) is 52.3 Å². The van der Waals surface area contributed by atoms with E-state index in [0.717, 1.165) is 38.1 Å². The molecule has 8 heteroatoms. The molecular formula is C32H25BrN4O3. The molecule has 5 aromatic rings. The molecule has 4 aromatic carbocycles. The van der Waals surface area contributed by atoms with Crippen LogP contribution in [0.4, 0.5) is 11.4 Å². The fraction of sp³-hybridized carbons (Fsp3) is 0.125. The fourth-order valence-corrected chi connectivity index (χ4v) is 5.51. The molecule has 198 valence electrons. The number of nitro benzene ring substituents is 1. The van der Waals surface area contributed by atoms with Gasteiger partial charge in [0, 0.05) is 39.6 Å². The van der Waals surface area contributed by atoms with Gasteiger partial charge < -0.3 is 4.90 Å². The Kier molecular flexibility index (Phi) is 6.56. The normalized spacial score (nSPS) is 16.6. The number of carbonyl (C=O) groups excluding carboxylic acids is 1. The Hall–Kier alpha value is -4.56. The molecule has 0 aliphatic carbocycles. The van der Waals surface area contributed by atoms with E-state index in [2.05, 4.69) is 28.9 Å². The Bertz CT molecular complexity index is 1730. The summed E-state index contributed by atoms with van der Waals surface area (Å²) in [5, 5.41) is 16.2. The van der Waals surface area contributed by atoms with Crippen molar-refractivity contribution in [1.29, 1.82) is 0 Å². The number of β-lactam (4-membered cyclic amide) rings is 1. The second kappa shape index (κ2) is 10.2. The molecule has 0 spiro atoms. The highest BCUT2D eigenvalue weighted by Gasteiger charge is 2.51.